The number of aromatic nitrogens is 4. The standard InChI is InChI=1S/C63H36N4OS2/c1-4-14-37(15-5-1)40-25-31-56-50(32-40)46-27-24-41(35-57(46)69-56)42-33-51(63-65-61(38-16-6-2-7-17-38)64-62(66-63)39-18-8-3-9-19-39)58-49-28-26-43(36-53(49)68-54(58)34-42)67-52-22-12-10-20-44(52)47-29-30-48-45-21-11-13-23-55(45)70-60(48)59(47)67/h1-36H. The predicted molar refractivity (Wildman–Crippen MR) is 294 cm³/mol. The summed E-state index contributed by atoms with van der Waals surface area (Å²) in [5.41, 5.74) is 12.2. The summed E-state index contributed by atoms with van der Waals surface area (Å²) < 4.78 is 14.6. The summed E-state index contributed by atoms with van der Waals surface area (Å²) in [5.74, 6) is 1.80. The summed E-state index contributed by atoms with van der Waals surface area (Å²) in [6.45, 7) is 0. The molecule has 326 valence electrons. The molecule has 0 N–H and O–H groups in total. The number of hydrogen-bond acceptors (Lipinski definition) is 6. The van der Waals surface area contributed by atoms with Crippen molar-refractivity contribution < 1.29 is 4.42 Å². The first-order valence-electron chi connectivity index (χ1n) is 23.4. The molecule has 5 heterocycles. The second-order valence-corrected chi connectivity index (χ2v) is 20.0. The van der Waals surface area contributed by atoms with E-state index in [1.165, 1.54) is 67.8 Å². The van der Waals surface area contributed by atoms with Gasteiger partial charge in [-0.3, -0.25) is 0 Å². The van der Waals surface area contributed by atoms with E-state index in [0.717, 1.165) is 61.0 Å². The average Bonchev–Trinajstić information content (AvgIpc) is 4.19. The van der Waals surface area contributed by atoms with Crippen molar-refractivity contribution in [1.82, 2.24) is 19.5 Å². The van der Waals surface area contributed by atoms with E-state index < -0.39 is 0 Å². The number of rotatable bonds is 6. The Balaban J connectivity index is 0.970. The lowest BCUT2D eigenvalue weighted by Crippen LogP contribution is -2.00. The van der Waals surface area contributed by atoms with E-state index in [0.29, 0.717) is 17.5 Å². The molecule has 0 aliphatic carbocycles. The average molecular weight is 929 g/mol. The van der Waals surface area contributed by atoms with Crippen molar-refractivity contribution in [2.75, 3.05) is 0 Å². The molecule has 7 heteroatoms. The molecule has 0 saturated carbocycles. The Hall–Kier alpha value is -8.75. The number of hydrogen-bond donors (Lipinski definition) is 0. The van der Waals surface area contributed by atoms with Gasteiger partial charge in [-0.05, 0) is 76.9 Å². The van der Waals surface area contributed by atoms with Crippen LogP contribution < -0.4 is 0 Å². The number of thiophene rings is 2. The molecule has 5 nitrogen and oxygen atoms in total. The van der Waals surface area contributed by atoms with Gasteiger partial charge >= 0.3 is 0 Å². The quantitative estimate of drug-likeness (QED) is 0.167. The highest BCUT2D eigenvalue weighted by molar-refractivity contribution is 7.26. The van der Waals surface area contributed by atoms with Crippen LogP contribution in [0.15, 0.2) is 223 Å². The van der Waals surface area contributed by atoms with Crippen LogP contribution >= 0.6 is 22.7 Å². The van der Waals surface area contributed by atoms with Crippen LogP contribution in [0.2, 0.25) is 0 Å². The molecule has 5 aromatic heterocycles. The fourth-order valence-corrected chi connectivity index (χ4v) is 12.9. The van der Waals surface area contributed by atoms with Crippen molar-refractivity contribution in [3.63, 3.8) is 0 Å². The first-order valence-corrected chi connectivity index (χ1v) is 25.0. The SMILES string of the molecule is c1ccc(-c2ccc3sc4cc(-c5cc(-c6nc(-c7ccccc7)nc(-c7ccccc7)n6)c6c(c5)oc5cc(-n7c8ccccc8c8ccc9c%10ccccc%10sc9c87)ccc56)ccc4c3c2)cc1. The topological polar surface area (TPSA) is 56.7 Å². The normalized spacial score (nSPS) is 12.0. The highest BCUT2D eigenvalue weighted by atomic mass is 32.1. The zero-order chi connectivity index (χ0) is 45.9. The van der Waals surface area contributed by atoms with Crippen LogP contribution in [0.4, 0.5) is 0 Å². The van der Waals surface area contributed by atoms with Crippen molar-refractivity contribution in [3.05, 3.63) is 218 Å². The molecule has 15 rings (SSSR count). The van der Waals surface area contributed by atoms with Gasteiger partial charge in [-0.2, -0.15) is 0 Å². The van der Waals surface area contributed by atoms with Gasteiger partial charge in [-0.15, -0.1) is 22.7 Å². The maximum Gasteiger partial charge on any atom is 0.164 e. The third kappa shape index (κ3) is 6.12. The minimum absolute atomic E-state index is 0.581. The summed E-state index contributed by atoms with van der Waals surface area (Å²) in [7, 11) is 0. The lowest BCUT2D eigenvalue weighted by Gasteiger charge is -2.11. The highest BCUT2D eigenvalue weighted by Gasteiger charge is 2.23. The first kappa shape index (κ1) is 39.3. The second kappa shape index (κ2) is 15.4. The van der Waals surface area contributed by atoms with Crippen molar-refractivity contribution in [3.8, 4) is 62.1 Å². The molecule has 0 aliphatic heterocycles. The van der Waals surface area contributed by atoms with Gasteiger partial charge in [-0.1, -0.05) is 158 Å². The molecule has 0 unspecified atom stereocenters. The molecule has 0 bridgehead atoms. The second-order valence-electron chi connectivity index (χ2n) is 17.9. The minimum Gasteiger partial charge on any atom is -0.456 e. The van der Waals surface area contributed by atoms with E-state index in [-0.39, 0.29) is 0 Å². The Morgan fingerprint density at radius 2 is 0.943 bits per heavy atom. The van der Waals surface area contributed by atoms with E-state index in [4.69, 9.17) is 19.4 Å². The van der Waals surface area contributed by atoms with Gasteiger partial charge in [0, 0.05) is 85.6 Å². The van der Waals surface area contributed by atoms with Gasteiger partial charge in [0.15, 0.2) is 17.5 Å². The monoisotopic (exact) mass is 928 g/mol. The lowest BCUT2D eigenvalue weighted by atomic mass is 9.97. The molecule has 0 saturated heterocycles. The number of para-hydroxylation sites is 1. The van der Waals surface area contributed by atoms with Crippen LogP contribution in [0.5, 0.6) is 0 Å². The van der Waals surface area contributed by atoms with Crippen molar-refractivity contribution >= 4 is 107 Å². The van der Waals surface area contributed by atoms with E-state index >= 15 is 0 Å². The largest absolute Gasteiger partial charge is 0.456 e. The third-order valence-electron chi connectivity index (χ3n) is 13.8. The number of nitrogens with zero attached hydrogens (tertiary/aromatic N) is 4. The van der Waals surface area contributed by atoms with E-state index in [1.54, 1.807) is 0 Å². The summed E-state index contributed by atoms with van der Waals surface area (Å²) in [6, 6.07) is 77.8. The van der Waals surface area contributed by atoms with Crippen molar-refractivity contribution in [1.29, 1.82) is 0 Å². The smallest absolute Gasteiger partial charge is 0.164 e. The van der Waals surface area contributed by atoms with Crippen LogP contribution in [0.3, 0.4) is 0 Å². The van der Waals surface area contributed by atoms with Gasteiger partial charge in [0.25, 0.3) is 0 Å². The van der Waals surface area contributed by atoms with Crippen molar-refractivity contribution in [2.45, 2.75) is 0 Å². The summed E-state index contributed by atoms with van der Waals surface area (Å²) in [6.07, 6.45) is 0. The Morgan fingerprint density at radius 3 is 1.73 bits per heavy atom. The van der Waals surface area contributed by atoms with Crippen LogP contribution in [0, 0.1) is 0 Å². The third-order valence-corrected chi connectivity index (χ3v) is 16.2. The van der Waals surface area contributed by atoms with Crippen molar-refractivity contribution in [2.24, 2.45) is 0 Å². The van der Waals surface area contributed by atoms with Gasteiger partial charge < -0.3 is 8.98 Å². The Morgan fingerprint density at radius 1 is 0.343 bits per heavy atom. The van der Waals surface area contributed by atoms with E-state index in [1.807, 2.05) is 59.1 Å². The Bertz CT molecular complexity index is 4530. The van der Waals surface area contributed by atoms with Crippen LogP contribution in [0.1, 0.15) is 0 Å². The number of fused-ring (bicyclic) bond motifs is 13. The maximum atomic E-state index is 7.12. The minimum atomic E-state index is 0.581. The molecule has 0 spiro atoms. The van der Waals surface area contributed by atoms with Gasteiger partial charge in [0.2, 0.25) is 0 Å². The highest BCUT2D eigenvalue weighted by Crippen LogP contribution is 2.46. The molecular weight excluding hydrogens is 893 g/mol. The predicted octanol–water partition coefficient (Wildman–Crippen LogP) is 17.9. The van der Waals surface area contributed by atoms with Gasteiger partial charge in [-0.25, -0.2) is 15.0 Å². The molecule has 0 aliphatic rings. The van der Waals surface area contributed by atoms with Crippen LogP contribution in [0.25, 0.3) is 146 Å². The zero-order valence-corrected chi connectivity index (χ0v) is 38.9. The molecular formula is C63H36N4OS2. The summed E-state index contributed by atoms with van der Waals surface area (Å²) >= 11 is 3.69. The van der Waals surface area contributed by atoms with Crippen LogP contribution in [-0.4, -0.2) is 19.5 Å². The molecule has 0 amide bonds. The molecule has 10 aromatic carbocycles. The molecule has 15 aromatic rings. The molecule has 0 radical (unpaired) electrons. The number of furan rings is 1. The lowest BCUT2D eigenvalue weighted by molar-refractivity contribution is 0.669. The molecule has 70 heavy (non-hydrogen) atoms. The summed E-state index contributed by atoms with van der Waals surface area (Å²) in [4.78, 5) is 15.7. The maximum absolute atomic E-state index is 7.12. The Kier molecular flexibility index (Phi) is 8.63. The fourth-order valence-electron chi connectivity index (χ4n) is 10.6. The zero-order valence-electron chi connectivity index (χ0n) is 37.3. The van der Waals surface area contributed by atoms with E-state index in [2.05, 4.69) is 187 Å². The Labute approximate surface area is 408 Å². The molecule has 0 atom stereocenters. The van der Waals surface area contributed by atoms with Gasteiger partial charge in [0.05, 0.1) is 15.7 Å². The van der Waals surface area contributed by atoms with Gasteiger partial charge in [0.1, 0.15) is 11.2 Å². The van der Waals surface area contributed by atoms with Crippen LogP contribution in [-0.2, 0) is 0 Å². The number of benzene rings is 10. The fraction of sp³-hybridized carbons (Fsp3) is 0. The summed E-state index contributed by atoms with van der Waals surface area (Å²) in [5, 5.41) is 9.47. The van der Waals surface area contributed by atoms with E-state index in [9.17, 15) is 0 Å². The molecule has 0 fully saturated rings. The first-order chi connectivity index (χ1) is 34.7.